The highest BCUT2D eigenvalue weighted by molar-refractivity contribution is 5.68. The van der Waals surface area contributed by atoms with Crippen LogP contribution in [0.15, 0.2) is 24.4 Å². The van der Waals surface area contributed by atoms with E-state index in [-0.39, 0.29) is 18.1 Å². The molecule has 3 rings (SSSR count). The fraction of sp³-hybridized carbons (Fsp3) is 0.588. The van der Waals surface area contributed by atoms with Gasteiger partial charge in [0.25, 0.3) is 0 Å². The van der Waals surface area contributed by atoms with E-state index >= 15 is 0 Å². The van der Waals surface area contributed by atoms with E-state index in [0.717, 1.165) is 37.2 Å². The van der Waals surface area contributed by atoms with Crippen LogP contribution >= 0.6 is 0 Å². The van der Waals surface area contributed by atoms with Gasteiger partial charge in [-0.15, -0.1) is 10.2 Å². The Morgan fingerprint density at radius 1 is 1.26 bits per heavy atom. The molecule has 1 N–H and O–H groups in total. The number of fused-ring (bicyclic) bond motifs is 1. The van der Waals surface area contributed by atoms with Gasteiger partial charge in [-0.05, 0) is 45.7 Å². The summed E-state index contributed by atoms with van der Waals surface area (Å²) in [4.78, 5) is 12.1. The number of carbonyl (C=O) groups excluding carboxylic acids is 1. The molecule has 1 saturated carbocycles. The van der Waals surface area contributed by atoms with Crippen molar-refractivity contribution in [3.8, 4) is 0 Å². The van der Waals surface area contributed by atoms with E-state index in [0.29, 0.717) is 0 Å². The van der Waals surface area contributed by atoms with Gasteiger partial charge in [0.2, 0.25) is 0 Å². The molecule has 0 radical (unpaired) electrons. The lowest BCUT2D eigenvalue weighted by atomic mass is 9.84. The van der Waals surface area contributed by atoms with Crippen LogP contribution in [0.25, 0.3) is 5.65 Å². The largest absolute Gasteiger partial charge is 0.444 e. The lowest BCUT2D eigenvalue weighted by molar-refractivity contribution is 0.0484. The molecule has 0 saturated heterocycles. The third-order valence-corrected chi connectivity index (χ3v) is 4.14. The number of alkyl carbamates (subject to hydrolysis) is 1. The normalized spacial score (nSPS) is 22.0. The van der Waals surface area contributed by atoms with Crippen LogP contribution in [0.4, 0.5) is 4.79 Å². The van der Waals surface area contributed by atoms with E-state index in [1.807, 2.05) is 49.6 Å². The van der Waals surface area contributed by atoms with Gasteiger partial charge in [0.1, 0.15) is 11.4 Å². The van der Waals surface area contributed by atoms with Gasteiger partial charge in [-0.3, -0.25) is 4.40 Å². The first-order valence-corrected chi connectivity index (χ1v) is 8.23. The van der Waals surface area contributed by atoms with E-state index in [4.69, 9.17) is 4.74 Å². The Hall–Kier alpha value is -2.11. The van der Waals surface area contributed by atoms with E-state index in [2.05, 4.69) is 15.5 Å². The molecule has 0 spiro atoms. The van der Waals surface area contributed by atoms with Crippen molar-refractivity contribution in [1.82, 2.24) is 19.9 Å². The molecule has 1 amide bonds. The number of nitrogens with one attached hydrogen (secondary N) is 1. The Kier molecular flexibility index (Phi) is 4.24. The molecular weight excluding hydrogens is 292 g/mol. The summed E-state index contributed by atoms with van der Waals surface area (Å²) in [5.74, 6) is 1.08. The second-order valence-corrected chi connectivity index (χ2v) is 7.13. The Morgan fingerprint density at radius 3 is 2.83 bits per heavy atom. The molecule has 0 aromatic carbocycles. The molecule has 2 heterocycles. The summed E-state index contributed by atoms with van der Waals surface area (Å²) < 4.78 is 7.41. The highest BCUT2D eigenvalue weighted by Crippen LogP contribution is 2.32. The minimum atomic E-state index is -0.490. The first kappa shape index (κ1) is 15.8. The minimum Gasteiger partial charge on any atom is -0.444 e. The van der Waals surface area contributed by atoms with Gasteiger partial charge in [-0.25, -0.2) is 4.79 Å². The van der Waals surface area contributed by atoms with Gasteiger partial charge < -0.3 is 10.1 Å². The SMILES string of the molecule is CC(C)(C)OC(=O)N[C@@H]1CCCC[C@H]1c1nnc2ccccn12. The number of hydrogen-bond acceptors (Lipinski definition) is 4. The quantitative estimate of drug-likeness (QED) is 0.923. The monoisotopic (exact) mass is 316 g/mol. The highest BCUT2D eigenvalue weighted by atomic mass is 16.6. The van der Waals surface area contributed by atoms with E-state index in [1.165, 1.54) is 0 Å². The molecule has 1 aliphatic rings. The highest BCUT2D eigenvalue weighted by Gasteiger charge is 2.32. The van der Waals surface area contributed by atoms with Crippen molar-refractivity contribution in [3.63, 3.8) is 0 Å². The Balaban J connectivity index is 1.80. The van der Waals surface area contributed by atoms with Gasteiger partial charge in [-0.1, -0.05) is 18.9 Å². The van der Waals surface area contributed by atoms with Gasteiger partial charge in [0.05, 0.1) is 0 Å². The first-order valence-electron chi connectivity index (χ1n) is 8.23. The predicted molar refractivity (Wildman–Crippen MR) is 87.4 cm³/mol. The molecule has 2 atom stereocenters. The molecule has 6 nitrogen and oxygen atoms in total. The minimum absolute atomic E-state index is 0.0335. The second kappa shape index (κ2) is 6.18. The van der Waals surface area contributed by atoms with Gasteiger partial charge in [-0.2, -0.15) is 0 Å². The van der Waals surface area contributed by atoms with Crippen molar-refractivity contribution in [2.75, 3.05) is 0 Å². The van der Waals surface area contributed by atoms with Crippen molar-refractivity contribution in [2.24, 2.45) is 0 Å². The van der Waals surface area contributed by atoms with E-state index < -0.39 is 5.60 Å². The number of ether oxygens (including phenoxy) is 1. The van der Waals surface area contributed by atoms with E-state index in [1.54, 1.807) is 0 Å². The van der Waals surface area contributed by atoms with Crippen LogP contribution in [0.2, 0.25) is 0 Å². The number of aromatic nitrogens is 3. The fourth-order valence-corrected chi connectivity index (χ4v) is 3.18. The summed E-state index contributed by atoms with van der Waals surface area (Å²) in [7, 11) is 0. The molecule has 1 aliphatic carbocycles. The maximum absolute atomic E-state index is 12.1. The molecule has 124 valence electrons. The Labute approximate surface area is 136 Å². The van der Waals surface area contributed by atoms with E-state index in [9.17, 15) is 4.79 Å². The van der Waals surface area contributed by atoms with Crippen molar-refractivity contribution in [1.29, 1.82) is 0 Å². The standard InChI is InChI=1S/C17H24N4O2/c1-17(2,3)23-16(22)18-13-9-5-4-8-12(13)15-20-19-14-10-6-7-11-21(14)15/h6-7,10-13H,4-5,8-9H2,1-3H3,(H,18,22)/t12-,13-/m1/s1. The molecule has 0 bridgehead atoms. The number of hydrogen-bond donors (Lipinski definition) is 1. The van der Waals surface area contributed by atoms with Gasteiger partial charge in [0, 0.05) is 18.2 Å². The van der Waals surface area contributed by atoms with Crippen LogP contribution in [0.3, 0.4) is 0 Å². The van der Waals surface area contributed by atoms with Crippen LogP contribution in [0.1, 0.15) is 58.2 Å². The molecule has 2 aromatic heterocycles. The fourth-order valence-electron chi connectivity index (χ4n) is 3.18. The Bertz CT molecular complexity index is 689. The molecule has 1 fully saturated rings. The number of nitrogens with zero attached hydrogens (tertiary/aromatic N) is 3. The zero-order valence-electron chi connectivity index (χ0n) is 14.0. The van der Waals surface area contributed by atoms with Gasteiger partial charge in [0.15, 0.2) is 5.65 Å². The zero-order valence-corrected chi connectivity index (χ0v) is 14.0. The smallest absolute Gasteiger partial charge is 0.407 e. The summed E-state index contributed by atoms with van der Waals surface area (Å²) in [5, 5.41) is 11.6. The third-order valence-electron chi connectivity index (χ3n) is 4.14. The molecule has 23 heavy (non-hydrogen) atoms. The van der Waals surface area contributed by atoms with Crippen molar-refractivity contribution in [2.45, 2.75) is 64.0 Å². The average molecular weight is 316 g/mol. The predicted octanol–water partition coefficient (Wildman–Crippen LogP) is 3.28. The molecular formula is C17H24N4O2. The topological polar surface area (TPSA) is 68.5 Å². The summed E-state index contributed by atoms with van der Waals surface area (Å²) in [5.41, 5.74) is 0.347. The van der Waals surface area contributed by atoms with Crippen LogP contribution in [-0.2, 0) is 4.74 Å². The average Bonchev–Trinajstić information content (AvgIpc) is 2.89. The molecule has 0 aliphatic heterocycles. The lowest BCUT2D eigenvalue weighted by Gasteiger charge is -2.31. The van der Waals surface area contributed by atoms with Crippen molar-refractivity contribution < 1.29 is 9.53 Å². The zero-order chi connectivity index (χ0) is 16.4. The van der Waals surface area contributed by atoms with Crippen LogP contribution in [-0.4, -0.2) is 32.3 Å². The molecule has 0 unspecified atom stereocenters. The third kappa shape index (κ3) is 3.63. The maximum atomic E-state index is 12.1. The summed E-state index contributed by atoms with van der Waals surface area (Å²) >= 11 is 0. The second-order valence-electron chi connectivity index (χ2n) is 7.13. The van der Waals surface area contributed by atoms with Crippen molar-refractivity contribution in [3.05, 3.63) is 30.2 Å². The Morgan fingerprint density at radius 2 is 2.04 bits per heavy atom. The van der Waals surface area contributed by atoms with Crippen molar-refractivity contribution >= 4 is 11.7 Å². The summed E-state index contributed by atoms with van der Waals surface area (Å²) in [6, 6.07) is 5.89. The summed E-state index contributed by atoms with van der Waals surface area (Å²) in [6.07, 6.45) is 5.79. The number of pyridine rings is 1. The first-order chi connectivity index (χ1) is 10.9. The number of carbonyl (C=O) groups is 1. The molecule has 6 heteroatoms. The number of amides is 1. The number of rotatable bonds is 2. The molecule has 2 aromatic rings. The van der Waals surface area contributed by atoms with Crippen LogP contribution in [0, 0.1) is 0 Å². The van der Waals surface area contributed by atoms with Crippen LogP contribution in [0.5, 0.6) is 0 Å². The lowest BCUT2D eigenvalue weighted by Crippen LogP contribution is -2.44. The summed E-state index contributed by atoms with van der Waals surface area (Å²) in [6.45, 7) is 5.62. The van der Waals surface area contributed by atoms with Gasteiger partial charge >= 0.3 is 6.09 Å². The van der Waals surface area contributed by atoms with Crippen LogP contribution < -0.4 is 5.32 Å². The maximum Gasteiger partial charge on any atom is 0.407 e.